The van der Waals surface area contributed by atoms with Crippen molar-refractivity contribution >= 4 is 41.2 Å². The zero-order valence-electron chi connectivity index (χ0n) is 15.5. The Labute approximate surface area is 167 Å². The summed E-state index contributed by atoms with van der Waals surface area (Å²) in [7, 11) is 0. The minimum Gasteiger partial charge on any atom is -0.463 e. The monoisotopic (exact) mass is 403 g/mol. The van der Waals surface area contributed by atoms with E-state index in [1.54, 1.807) is 19.1 Å². The van der Waals surface area contributed by atoms with Crippen LogP contribution in [0.25, 0.3) is 0 Å². The van der Waals surface area contributed by atoms with Crippen LogP contribution in [0.1, 0.15) is 29.8 Å². The van der Waals surface area contributed by atoms with Gasteiger partial charge in [-0.15, -0.1) is 11.8 Å². The van der Waals surface area contributed by atoms with Crippen molar-refractivity contribution in [1.82, 2.24) is 5.32 Å². The van der Waals surface area contributed by atoms with Crippen molar-refractivity contribution in [3.8, 4) is 0 Å². The predicted molar refractivity (Wildman–Crippen MR) is 110 cm³/mol. The highest BCUT2D eigenvalue weighted by Gasteiger charge is 2.29. The molecule has 1 heterocycles. The van der Waals surface area contributed by atoms with Crippen LogP contribution in [0.3, 0.4) is 0 Å². The molecule has 1 aromatic rings. The van der Waals surface area contributed by atoms with Crippen LogP contribution in [0.4, 0.5) is 0 Å². The van der Waals surface area contributed by atoms with Crippen molar-refractivity contribution in [2.75, 3.05) is 12.4 Å². The summed E-state index contributed by atoms with van der Waals surface area (Å²) in [6.45, 7) is 9.61. The van der Waals surface area contributed by atoms with Gasteiger partial charge in [-0.2, -0.15) is 0 Å². The van der Waals surface area contributed by atoms with Crippen LogP contribution in [0.5, 0.6) is 0 Å². The first-order chi connectivity index (χ1) is 12.8. The van der Waals surface area contributed by atoms with E-state index in [9.17, 15) is 14.4 Å². The maximum atomic E-state index is 12.9. The maximum Gasteiger partial charge on any atom is 0.332 e. The minimum atomic E-state index is -0.590. The molecular formula is C20H21NO4S2. The van der Waals surface area contributed by atoms with E-state index in [0.29, 0.717) is 15.6 Å². The normalized spacial score (nSPS) is 15.5. The van der Waals surface area contributed by atoms with Gasteiger partial charge in [-0.25, -0.2) is 4.79 Å². The molecule has 1 aliphatic rings. The lowest BCUT2D eigenvalue weighted by Gasteiger charge is -2.21. The zero-order valence-corrected chi connectivity index (χ0v) is 17.1. The van der Waals surface area contributed by atoms with Gasteiger partial charge in [-0.1, -0.05) is 53.7 Å². The molecule has 0 saturated heterocycles. The number of amides is 1. The lowest BCUT2D eigenvalue weighted by atomic mass is 10.1. The fourth-order valence-electron chi connectivity index (χ4n) is 2.10. The molecule has 0 unspecified atom stereocenters. The van der Waals surface area contributed by atoms with Crippen molar-refractivity contribution < 1.29 is 19.1 Å². The van der Waals surface area contributed by atoms with Crippen molar-refractivity contribution in [2.24, 2.45) is 0 Å². The molecule has 0 spiro atoms. The number of carbonyl (C=O) groups excluding carboxylic acids is 3. The molecule has 2 rings (SSSR count). The van der Waals surface area contributed by atoms with Crippen LogP contribution in [-0.4, -0.2) is 30.0 Å². The summed E-state index contributed by atoms with van der Waals surface area (Å²) in [6, 6.07) is 7.15. The van der Waals surface area contributed by atoms with Gasteiger partial charge in [0.2, 0.25) is 5.78 Å². The third kappa shape index (κ3) is 5.87. The summed E-state index contributed by atoms with van der Waals surface area (Å²) in [5.41, 5.74) is 2.69. The van der Waals surface area contributed by atoms with E-state index in [2.05, 4.69) is 11.9 Å². The summed E-state index contributed by atoms with van der Waals surface area (Å²) in [4.78, 5) is 37.2. The smallest absolute Gasteiger partial charge is 0.332 e. The number of benzene rings is 1. The van der Waals surface area contributed by atoms with Gasteiger partial charge in [-0.05, 0) is 20.8 Å². The van der Waals surface area contributed by atoms with Crippen molar-refractivity contribution in [3.05, 3.63) is 68.5 Å². The van der Waals surface area contributed by atoms with E-state index in [4.69, 9.17) is 4.74 Å². The molecule has 27 heavy (non-hydrogen) atoms. The topological polar surface area (TPSA) is 72.5 Å². The SMILES string of the molecule is C=C(C)CSC1=C(C(=O)c2ccc(C)cc2)NC(=O)/C(=C\C(=O)OCC)S1. The van der Waals surface area contributed by atoms with Crippen LogP contribution >= 0.6 is 23.5 Å². The predicted octanol–water partition coefficient (Wildman–Crippen LogP) is 3.97. The Hall–Kier alpha value is -2.25. The average Bonchev–Trinajstić information content (AvgIpc) is 2.62. The second kappa shape index (κ2) is 9.62. The van der Waals surface area contributed by atoms with Crippen LogP contribution in [0.2, 0.25) is 0 Å². The number of esters is 1. The zero-order chi connectivity index (χ0) is 20.0. The molecule has 1 aliphatic heterocycles. The number of hydrogen-bond acceptors (Lipinski definition) is 6. The summed E-state index contributed by atoms with van der Waals surface area (Å²) < 4.78 is 5.49. The summed E-state index contributed by atoms with van der Waals surface area (Å²) in [5.74, 6) is -0.763. The Morgan fingerprint density at radius 1 is 1.30 bits per heavy atom. The van der Waals surface area contributed by atoms with Crippen LogP contribution in [0, 0.1) is 6.92 Å². The van der Waals surface area contributed by atoms with E-state index in [1.807, 2.05) is 26.0 Å². The number of ketones is 1. The number of carbonyl (C=O) groups is 3. The number of hydrogen-bond donors (Lipinski definition) is 1. The van der Waals surface area contributed by atoms with Gasteiger partial charge < -0.3 is 10.1 Å². The second-order valence-electron chi connectivity index (χ2n) is 5.92. The molecule has 0 fully saturated rings. The molecule has 0 saturated carbocycles. The van der Waals surface area contributed by atoms with Gasteiger partial charge in [0.25, 0.3) is 5.91 Å². The van der Waals surface area contributed by atoms with Gasteiger partial charge in [0, 0.05) is 17.4 Å². The molecule has 1 aromatic carbocycles. The average molecular weight is 404 g/mol. The van der Waals surface area contributed by atoms with E-state index in [1.165, 1.54) is 11.8 Å². The first-order valence-electron chi connectivity index (χ1n) is 8.32. The fraction of sp³-hybridized carbons (Fsp3) is 0.250. The van der Waals surface area contributed by atoms with E-state index < -0.39 is 11.9 Å². The molecule has 142 valence electrons. The number of aryl methyl sites for hydroxylation is 1. The Kier molecular flexibility index (Phi) is 7.50. The highest BCUT2D eigenvalue weighted by molar-refractivity contribution is 8.24. The number of Topliss-reactive ketones (excluding diaryl/α,β-unsaturated/α-hetero) is 1. The Morgan fingerprint density at radius 2 is 1.96 bits per heavy atom. The Morgan fingerprint density at radius 3 is 2.56 bits per heavy atom. The van der Waals surface area contributed by atoms with Crippen LogP contribution in [-0.2, 0) is 14.3 Å². The molecule has 1 amide bonds. The maximum absolute atomic E-state index is 12.9. The van der Waals surface area contributed by atoms with Crippen molar-refractivity contribution in [2.45, 2.75) is 20.8 Å². The Balaban J connectivity index is 2.38. The molecular weight excluding hydrogens is 382 g/mol. The van der Waals surface area contributed by atoms with Crippen molar-refractivity contribution in [3.63, 3.8) is 0 Å². The summed E-state index contributed by atoms with van der Waals surface area (Å²) in [5, 5.41) is 2.64. The van der Waals surface area contributed by atoms with Crippen molar-refractivity contribution in [1.29, 1.82) is 0 Å². The second-order valence-corrected chi connectivity index (χ2v) is 8.22. The third-order valence-corrected chi connectivity index (χ3v) is 6.01. The van der Waals surface area contributed by atoms with Gasteiger partial charge >= 0.3 is 5.97 Å². The third-order valence-electron chi connectivity index (χ3n) is 3.40. The standard InChI is InChI=1S/C20H21NO4S2/c1-5-25-16(22)10-15-19(24)21-17(20(27-15)26-11-12(2)3)18(23)14-8-6-13(4)7-9-14/h6-10H,2,5,11H2,1,3-4H3,(H,21,24)/b15-10+. The van der Waals surface area contributed by atoms with Gasteiger partial charge in [0.15, 0.2) is 0 Å². The molecule has 0 bridgehead atoms. The van der Waals surface area contributed by atoms with Gasteiger partial charge in [0.05, 0.1) is 15.7 Å². The van der Waals surface area contributed by atoms with E-state index in [-0.39, 0.29) is 23.0 Å². The molecule has 1 N–H and O–H groups in total. The number of thioether (sulfide) groups is 2. The first-order valence-corrected chi connectivity index (χ1v) is 10.1. The molecule has 0 radical (unpaired) electrons. The number of allylic oxidation sites excluding steroid dienone is 1. The lowest BCUT2D eigenvalue weighted by Crippen LogP contribution is -2.32. The molecule has 7 heteroatoms. The number of rotatable bonds is 7. The van der Waals surface area contributed by atoms with E-state index in [0.717, 1.165) is 29.0 Å². The summed E-state index contributed by atoms with van der Waals surface area (Å²) in [6.07, 6.45) is 1.15. The Bertz CT molecular complexity index is 838. The quantitative estimate of drug-likeness (QED) is 0.321. The minimum absolute atomic E-state index is 0.193. The highest BCUT2D eigenvalue weighted by atomic mass is 32.2. The number of ether oxygens (including phenoxy) is 1. The molecule has 0 atom stereocenters. The first kappa shape index (κ1) is 21.1. The van der Waals surface area contributed by atoms with Gasteiger partial charge in [0.1, 0.15) is 5.70 Å². The van der Waals surface area contributed by atoms with Gasteiger partial charge in [-0.3, -0.25) is 9.59 Å². The van der Waals surface area contributed by atoms with Crippen LogP contribution < -0.4 is 5.32 Å². The highest BCUT2D eigenvalue weighted by Crippen LogP contribution is 2.40. The lowest BCUT2D eigenvalue weighted by molar-refractivity contribution is -0.137. The fourth-order valence-corrected chi connectivity index (χ4v) is 4.19. The van der Waals surface area contributed by atoms with Crippen LogP contribution in [0.15, 0.2) is 57.3 Å². The largest absolute Gasteiger partial charge is 0.463 e. The summed E-state index contributed by atoms with van der Waals surface area (Å²) >= 11 is 2.50. The van der Waals surface area contributed by atoms with E-state index >= 15 is 0 Å². The number of nitrogens with one attached hydrogen (secondary N) is 1. The molecule has 0 aliphatic carbocycles. The molecule has 0 aromatic heterocycles. The molecule has 5 nitrogen and oxygen atoms in total.